The fourth-order valence-corrected chi connectivity index (χ4v) is 4.54. The van der Waals surface area contributed by atoms with Gasteiger partial charge in [-0.15, -0.1) is 0 Å². The summed E-state index contributed by atoms with van der Waals surface area (Å²) < 4.78 is 36.6. The lowest BCUT2D eigenvalue weighted by Gasteiger charge is -2.33. The molecule has 0 aliphatic heterocycles. The lowest BCUT2D eigenvalue weighted by atomic mass is 9.72. The van der Waals surface area contributed by atoms with Gasteiger partial charge in [0.15, 0.2) is 0 Å². The first-order valence-electron chi connectivity index (χ1n) is 11.9. The molecule has 7 nitrogen and oxygen atoms in total. The van der Waals surface area contributed by atoms with Crippen LogP contribution in [0.1, 0.15) is 74.7 Å². The zero-order valence-corrected chi connectivity index (χ0v) is 23.1. The molecule has 0 aromatic heterocycles. The Kier molecular flexibility index (Phi) is 11.4. The molecule has 196 valence electrons. The summed E-state index contributed by atoms with van der Waals surface area (Å²) in [6.07, 6.45) is 12.3. The number of rotatable bonds is 10. The number of carbonyl (C=O) groups excluding carboxylic acids is 2. The predicted octanol–water partition coefficient (Wildman–Crippen LogP) is 5.23. The summed E-state index contributed by atoms with van der Waals surface area (Å²) in [5.41, 5.74) is 5.74. The SMILES string of the molecule is CC1=C(/C=C/C(C)=C(C)/C=C/C(C)=C\C(=O)N[C@@H](CS(=O)(=O)O)C(=O)OC(C)C)C(C)(C)CCC1. The first-order valence-corrected chi connectivity index (χ1v) is 13.5. The molecule has 0 radical (unpaired) electrons. The van der Waals surface area contributed by atoms with Gasteiger partial charge in [-0.2, -0.15) is 8.42 Å². The van der Waals surface area contributed by atoms with Crippen LogP contribution in [0.4, 0.5) is 0 Å². The van der Waals surface area contributed by atoms with E-state index in [1.165, 1.54) is 30.1 Å². The molecule has 1 aliphatic rings. The van der Waals surface area contributed by atoms with Gasteiger partial charge in [-0.25, -0.2) is 4.79 Å². The van der Waals surface area contributed by atoms with Crippen LogP contribution >= 0.6 is 0 Å². The first kappa shape index (κ1) is 30.6. The summed E-state index contributed by atoms with van der Waals surface area (Å²) in [6, 6.07) is -1.51. The minimum atomic E-state index is -4.50. The third kappa shape index (κ3) is 11.2. The first-order chi connectivity index (χ1) is 16.0. The highest BCUT2D eigenvalue weighted by Crippen LogP contribution is 2.40. The molecule has 1 amide bonds. The van der Waals surface area contributed by atoms with E-state index in [0.717, 1.165) is 17.6 Å². The molecule has 0 aromatic carbocycles. The fourth-order valence-electron chi connectivity index (χ4n) is 3.90. The zero-order valence-electron chi connectivity index (χ0n) is 22.3. The van der Waals surface area contributed by atoms with E-state index in [0.29, 0.717) is 5.57 Å². The van der Waals surface area contributed by atoms with Crippen LogP contribution in [0, 0.1) is 5.41 Å². The van der Waals surface area contributed by atoms with Crippen LogP contribution in [0.2, 0.25) is 0 Å². The van der Waals surface area contributed by atoms with E-state index >= 15 is 0 Å². The van der Waals surface area contributed by atoms with Crippen LogP contribution in [-0.2, 0) is 24.4 Å². The standard InChI is InChI=1S/C27H41NO6S/c1-18(2)34-26(30)24(17-35(31,32)33)28-25(29)16-19(3)11-12-20(4)21(5)13-14-23-22(6)10-9-15-27(23,7)8/h11-14,16,18,24H,9-10,15,17H2,1-8H3,(H,28,29)(H,31,32,33)/b12-11+,14-13+,19-16-,21-20+/t24-/m0/s1. The molecule has 0 unspecified atom stereocenters. The van der Waals surface area contributed by atoms with Crippen molar-refractivity contribution in [1.29, 1.82) is 0 Å². The van der Waals surface area contributed by atoms with E-state index in [1.807, 2.05) is 19.9 Å². The average Bonchev–Trinajstić information content (AvgIpc) is 2.68. The number of nitrogens with one attached hydrogen (secondary N) is 1. The van der Waals surface area contributed by atoms with Gasteiger partial charge in [0, 0.05) is 6.08 Å². The van der Waals surface area contributed by atoms with Crippen LogP contribution in [0.5, 0.6) is 0 Å². The summed E-state index contributed by atoms with van der Waals surface area (Å²) >= 11 is 0. The average molecular weight is 508 g/mol. The summed E-state index contributed by atoms with van der Waals surface area (Å²) in [7, 11) is -4.50. The molecule has 0 aromatic rings. The van der Waals surface area contributed by atoms with Crippen molar-refractivity contribution in [3.63, 3.8) is 0 Å². The van der Waals surface area contributed by atoms with Crippen molar-refractivity contribution in [2.45, 2.75) is 86.8 Å². The number of ether oxygens (including phenoxy) is 1. The minimum absolute atomic E-state index is 0.171. The number of hydrogen-bond donors (Lipinski definition) is 2. The van der Waals surface area contributed by atoms with E-state index in [-0.39, 0.29) is 5.41 Å². The Labute approximate surface area is 210 Å². The van der Waals surface area contributed by atoms with Crippen molar-refractivity contribution in [3.8, 4) is 0 Å². The van der Waals surface area contributed by atoms with Crippen molar-refractivity contribution in [2.75, 3.05) is 5.75 Å². The van der Waals surface area contributed by atoms with E-state index in [9.17, 15) is 18.0 Å². The summed E-state index contributed by atoms with van der Waals surface area (Å²) in [5.74, 6) is -2.56. The van der Waals surface area contributed by atoms with Gasteiger partial charge in [-0.05, 0) is 88.5 Å². The normalized spacial score (nSPS) is 18.7. The topological polar surface area (TPSA) is 110 Å². The highest BCUT2D eigenvalue weighted by Gasteiger charge is 2.28. The highest BCUT2D eigenvalue weighted by molar-refractivity contribution is 7.85. The van der Waals surface area contributed by atoms with Gasteiger partial charge in [-0.3, -0.25) is 9.35 Å². The molecule has 0 fully saturated rings. The van der Waals surface area contributed by atoms with Gasteiger partial charge in [0.2, 0.25) is 5.91 Å². The third-order valence-electron chi connectivity index (χ3n) is 5.95. The Bertz CT molecular complexity index is 1060. The smallest absolute Gasteiger partial charge is 0.330 e. The van der Waals surface area contributed by atoms with Crippen molar-refractivity contribution in [3.05, 3.63) is 58.2 Å². The maximum absolute atomic E-state index is 12.4. The van der Waals surface area contributed by atoms with Crippen LogP contribution in [0.3, 0.4) is 0 Å². The van der Waals surface area contributed by atoms with Crippen LogP contribution in [0.15, 0.2) is 58.2 Å². The van der Waals surface area contributed by atoms with E-state index in [4.69, 9.17) is 9.29 Å². The number of esters is 1. The van der Waals surface area contributed by atoms with Gasteiger partial charge in [-0.1, -0.05) is 43.7 Å². The Morgan fingerprint density at radius 2 is 1.71 bits per heavy atom. The molecule has 0 bridgehead atoms. The van der Waals surface area contributed by atoms with E-state index in [1.54, 1.807) is 26.8 Å². The lowest BCUT2D eigenvalue weighted by Crippen LogP contribution is -2.46. The molecule has 1 rings (SSSR count). The number of amides is 1. The second-order valence-electron chi connectivity index (χ2n) is 10.1. The molecular formula is C27H41NO6S. The quantitative estimate of drug-likeness (QED) is 0.181. The van der Waals surface area contributed by atoms with Crippen molar-refractivity contribution in [2.24, 2.45) is 5.41 Å². The maximum atomic E-state index is 12.4. The van der Waals surface area contributed by atoms with Gasteiger partial charge >= 0.3 is 5.97 Å². The number of hydrogen-bond acceptors (Lipinski definition) is 5. The Balaban J connectivity index is 2.94. The van der Waals surface area contributed by atoms with E-state index < -0.39 is 39.9 Å². The number of allylic oxidation sites excluding steroid dienone is 9. The summed E-state index contributed by atoms with van der Waals surface area (Å²) in [4.78, 5) is 24.5. The van der Waals surface area contributed by atoms with Gasteiger partial charge < -0.3 is 10.1 Å². The molecule has 8 heteroatoms. The molecule has 0 heterocycles. The zero-order chi connectivity index (χ0) is 27.0. The monoisotopic (exact) mass is 507 g/mol. The molecule has 35 heavy (non-hydrogen) atoms. The molecule has 1 atom stereocenters. The maximum Gasteiger partial charge on any atom is 0.330 e. The fraction of sp³-hybridized carbons (Fsp3) is 0.556. The second-order valence-corrected chi connectivity index (χ2v) is 11.6. The Morgan fingerprint density at radius 3 is 2.26 bits per heavy atom. The van der Waals surface area contributed by atoms with E-state index in [2.05, 4.69) is 38.2 Å². The van der Waals surface area contributed by atoms with Crippen LogP contribution in [-0.4, -0.2) is 42.7 Å². The third-order valence-corrected chi connectivity index (χ3v) is 6.70. The second kappa shape index (κ2) is 13.0. The molecule has 1 aliphatic carbocycles. The molecule has 2 N–H and O–H groups in total. The van der Waals surface area contributed by atoms with Crippen LogP contribution in [0.25, 0.3) is 0 Å². The molecule has 0 saturated carbocycles. The molecule has 0 saturated heterocycles. The van der Waals surface area contributed by atoms with Gasteiger partial charge in [0.1, 0.15) is 11.8 Å². The number of carbonyl (C=O) groups is 2. The van der Waals surface area contributed by atoms with Crippen molar-refractivity contribution >= 4 is 22.0 Å². The molecular weight excluding hydrogens is 466 g/mol. The molecule has 0 spiro atoms. The van der Waals surface area contributed by atoms with Crippen molar-refractivity contribution < 1.29 is 27.3 Å². The summed E-state index contributed by atoms with van der Waals surface area (Å²) in [5, 5.41) is 2.30. The van der Waals surface area contributed by atoms with Gasteiger partial charge in [0.25, 0.3) is 10.1 Å². The predicted molar refractivity (Wildman–Crippen MR) is 140 cm³/mol. The van der Waals surface area contributed by atoms with Crippen molar-refractivity contribution in [1.82, 2.24) is 5.32 Å². The van der Waals surface area contributed by atoms with Gasteiger partial charge in [0.05, 0.1) is 6.10 Å². The largest absolute Gasteiger partial charge is 0.461 e. The highest BCUT2D eigenvalue weighted by atomic mass is 32.2. The lowest BCUT2D eigenvalue weighted by molar-refractivity contribution is -0.150. The Morgan fingerprint density at radius 1 is 1.11 bits per heavy atom. The minimum Gasteiger partial charge on any atom is -0.461 e. The van der Waals surface area contributed by atoms with Crippen LogP contribution < -0.4 is 5.32 Å². The summed E-state index contributed by atoms with van der Waals surface area (Å²) in [6.45, 7) is 15.7. The Hall–Kier alpha value is -2.45.